The van der Waals surface area contributed by atoms with E-state index in [2.05, 4.69) is 20.8 Å². The van der Waals surface area contributed by atoms with Crippen LogP contribution in [0.15, 0.2) is 23.3 Å². The zero-order chi connectivity index (χ0) is 18.7. The summed E-state index contributed by atoms with van der Waals surface area (Å²) < 4.78 is -0.0508. The van der Waals surface area contributed by atoms with Crippen molar-refractivity contribution in [3.63, 3.8) is 0 Å². The number of carbonyl (C=O) groups is 2. The lowest BCUT2D eigenvalue weighted by Crippen LogP contribution is -2.60. The summed E-state index contributed by atoms with van der Waals surface area (Å²) >= 11 is 0. The molecular weight excluding hydrogens is 316 g/mol. The van der Waals surface area contributed by atoms with Gasteiger partial charge in [0.2, 0.25) is 5.91 Å². The Kier molecular flexibility index (Phi) is 6.09. The molecule has 1 aliphatic carbocycles. The van der Waals surface area contributed by atoms with Crippen molar-refractivity contribution in [2.45, 2.75) is 53.4 Å². The quantitative estimate of drug-likeness (QED) is 0.581. The Morgan fingerprint density at radius 2 is 1.96 bits per heavy atom. The molecule has 1 fully saturated rings. The van der Waals surface area contributed by atoms with Gasteiger partial charge < -0.3 is 14.8 Å². The zero-order valence-electron chi connectivity index (χ0n) is 16.1. The summed E-state index contributed by atoms with van der Waals surface area (Å²) in [6.07, 6.45) is 6.77. The Bertz CT molecular complexity index is 592. The molecule has 0 N–H and O–H groups in total. The van der Waals surface area contributed by atoms with Crippen LogP contribution in [0.2, 0.25) is 0 Å². The van der Waals surface area contributed by atoms with Crippen molar-refractivity contribution in [2.75, 3.05) is 32.7 Å². The van der Waals surface area contributed by atoms with Crippen molar-refractivity contribution in [1.82, 2.24) is 4.90 Å². The largest absolute Gasteiger partial charge is 0.498 e. The van der Waals surface area contributed by atoms with E-state index in [4.69, 9.17) is 0 Å². The molecule has 0 saturated carbocycles. The van der Waals surface area contributed by atoms with Crippen molar-refractivity contribution < 1.29 is 19.2 Å². The topological polar surface area (TPSA) is 60.4 Å². The fraction of sp³-hybridized carbons (Fsp3) is 0.700. The first-order chi connectivity index (χ1) is 11.7. The van der Waals surface area contributed by atoms with Gasteiger partial charge in [0.1, 0.15) is 6.54 Å². The summed E-state index contributed by atoms with van der Waals surface area (Å²) in [5.41, 5.74) is 2.76. The first-order valence-electron chi connectivity index (χ1n) is 9.47. The van der Waals surface area contributed by atoms with E-state index in [1.807, 2.05) is 13.0 Å². The average molecular weight is 348 g/mol. The van der Waals surface area contributed by atoms with Crippen LogP contribution < -0.4 is 5.11 Å². The summed E-state index contributed by atoms with van der Waals surface area (Å²) in [6.45, 7) is 11.0. The van der Waals surface area contributed by atoms with Crippen LogP contribution in [0.5, 0.6) is 0 Å². The van der Waals surface area contributed by atoms with E-state index in [1.54, 1.807) is 11.0 Å². The van der Waals surface area contributed by atoms with Crippen LogP contribution in [0, 0.1) is 5.41 Å². The molecule has 0 aromatic heterocycles. The van der Waals surface area contributed by atoms with E-state index < -0.39 is 6.09 Å². The van der Waals surface area contributed by atoms with Crippen molar-refractivity contribution in [3.05, 3.63) is 23.3 Å². The number of quaternary nitrogens is 1. The van der Waals surface area contributed by atoms with Gasteiger partial charge >= 0.3 is 0 Å². The Hall–Kier alpha value is -1.62. The van der Waals surface area contributed by atoms with E-state index >= 15 is 0 Å². The SMILES string of the molecule is CC[N+]1(C(=O)[O-])CCCN(C(=O)/C=C/C2=C(C)CCCC2(C)C)CC1. The molecule has 1 atom stereocenters. The van der Waals surface area contributed by atoms with Gasteiger partial charge in [0.15, 0.2) is 0 Å². The molecule has 2 amide bonds. The van der Waals surface area contributed by atoms with Crippen molar-refractivity contribution in [2.24, 2.45) is 5.41 Å². The molecule has 2 aliphatic rings. The molecule has 1 saturated heterocycles. The molecular formula is C20H32N2O3. The molecule has 0 radical (unpaired) electrons. The van der Waals surface area contributed by atoms with Gasteiger partial charge in [-0.3, -0.25) is 9.28 Å². The number of carboxylic acid groups (broad SMARTS) is 1. The van der Waals surface area contributed by atoms with Gasteiger partial charge in [0, 0.05) is 19.0 Å². The zero-order valence-corrected chi connectivity index (χ0v) is 16.1. The maximum atomic E-state index is 12.6. The normalized spacial score (nSPS) is 27.4. The van der Waals surface area contributed by atoms with E-state index in [-0.39, 0.29) is 15.8 Å². The Morgan fingerprint density at radius 3 is 2.56 bits per heavy atom. The van der Waals surface area contributed by atoms with E-state index in [9.17, 15) is 14.7 Å². The second-order valence-electron chi connectivity index (χ2n) is 8.12. The Balaban J connectivity index is 2.07. The van der Waals surface area contributed by atoms with Gasteiger partial charge in [-0.05, 0) is 44.1 Å². The highest BCUT2D eigenvalue weighted by molar-refractivity contribution is 5.88. The summed E-state index contributed by atoms with van der Waals surface area (Å²) in [4.78, 5) is 25.9. The van der Waals surface area contributed by atoms with Gasteiger partial charge in [-0.1, -0.05) is 25.5 Å². The minimum atomic E-state index is -1.03. The number of amides is 2. The lowest BCUT2D eigenvalue weighted by Gasteiger charge is -2.35. The van der Waals surface area contributed by atoms with E-state index in [1.165, 1.54) is 17.6 Å². The summed E-state index contributed by atoms with van der Waals surface area (Å²) in [5.74, 6) is -0.0175. The monoisotopic (exact) mass is 348 g/mol. The molecule has 140 valence electrons. The van der Waals surface area contributed by atoms with Gasteiger partial charge in [0.25, 0.3) is 6.09 Å². The van der Waals surface area contributed by atoms with Crippen LogP contribution in [0.3, 0.4) is 0 Å². The molecule has 0 spiro atoms. The third-order valence-electron chi connectivity index (χ3n) is 6.05. The molecule has 1 aliphatic heterocycles. The van der Waals surface area contributed by atoms with E-state index in [0.29, 0.717) is 39.1 Å². The van der Waals surface area contributed by atoms with Crippen molar-refractivity contribution in [3.8, 4) is 0 Å². The van der Waals surface area contributed by atoms with Gasteiger partial charge in [-0.15, -0.1) is 0 Å². The maximum absolute atomic E-state index is 12.6. The van der Waals surface area contributed by atoms with Crippen LogP contribution in [-0.4, -0.2) is 54.1 Å². The Labute approximate surface area is 151 Å². The highest BCUT2D eigenvalue weighted by Gasteiger charge is 2.32. The number of hydrogen-bond donors (Lipinski definition) is 0. The first kappa shape index (κ1) is 19.7. The number of rotatable bonds is 3. The lowest BCUT2D eigenvalue weighted by atomic mass is 9.72. The summed E-state index contributed by atoms with van der Waals surface area (Å²) in [5, 5.41) is 11.5. The standard InChI is InChI=1S/C20H32N2O3/c1-5-22(19(24)25)14-7-12-21(13-15-22)18(23)10-9-17-16(2)8-6-11-20(17,3)4/h9-10H,5-8,11-15H2,1-4H3/b10-9+. The summed E-state index contributed by atoms with van der Waals surface area (Å²) in [7, 11) is 0. The van der Waals surface area contributed by atoms with Crippen molar-refractivity contribution in [1.29, 1.82) is 0 Å². The predicted octanol–water partition coefficient (Wildman–Crippen LogP) is 2.48. The molecule has 1 unspecified atom stereocenters. The first-order valence-corrected chi connectivity index (χ1v) is 9.47. The molecule has 5 nitrogen and oxygen atoms in total. The maximum Gasteiger partial charge on any atom is 0.257 e. The van der Waals surface area contributed by atoms with Gasteiger partial charge in [-0.25, -0.2) is 0 Å². The fourth-order valence-electron chi connectivity index (χ4n) is 4.22. The minimum absolute atomic E-state index is 0.0175. The van der Waals surface area contributed by atoms with Gasteiger partial charge in [-0.2, -0.15) is 0 Å². The average Bonchev–Trinajstić information content (AvgIpc) is 2.77. The molecule has 0 aromatic rings. The smallest absolute Gasteiger partial charge is 0.257 e. The van der Waals surface area contributed by atoms with Crippen molar-refractivity contribution >= 4 is 12.0 Å². The van der Waals surface area contributed by atoms with Crippen LogP contribution >= 0.6 is 0 Å². The highest BCUT2D eigenvalue weighted by atomic mass is 16.4. The minimum Gasteiger partial charge on any atom is -0.498 e. The number of nitrogens with zero attached hydrogens (tertiary/aromatic N) is 2. The lowest BCUT2D eigenvalue weighted by molar-refractivity contribution is -0.872. The summed E-state index contributed by atoms with van der Waals surface area (Å²) in [6, 6.07) is 0. The number of allylic oxidation sites excluding steroid dienone is 3. The van der Waals surface area contributed by atoms with E-state index in [0.717, 1.165) is 12.8 Å². The molecule has 0 aromatic carbocycles. The molecule has 5 heteroatoms. The predicted molar refractivity (Wildman–Crippen MR) is 96.6 cm³/mol. The van der Waals surface area contributed by atoms with Gasteiger partial charge in [0.05, 0.1) is 19.6 Å². The number of carbonyl (C=O) groups excluding carboxylic acids is 2. The third kappa shape index (κ3) is 4.32. The second kappa shape index (κ2) is 7.73. The second-order valence-corrected chi connectivity index (χ2v) is 8.12. The van der Waals surface area contributed by atoms with Crippen LogP contribution in [-0.2, 0) is 4.79 Å². The third-order valence-corrected chi connectivity index (χ3v) is 6.05. The fourth-order valence-corrected chi connectivity index (χ4v) is 4.22. The number of likely N-dealkylation sites (N-methyl/N-ethyl adjacent to an activating group) is 1. The van der Waals surface area contributed by atoms with Crippen LogP contribution in [0.25, 0.3) is 0 Å². The molecule has 1 heterocycles. The highest BCUT2D eigenvalue weighted by Crippen LogP contribution is 2.40. The number of hydrogen-bond acceptors (Lipinski definition) is 3. The van der Waals surface area contributed by atoms with Crippen LogP contribution in [0.1, 0.15) is 53.4 Å². The molecule has 2 rings (SSSR count). The molecule has 0 bridgehead atoms. The Morgan fingerprint density at radius 1 is 1.24 bits per heavy atom. The molecule has 25 heavy (non-hydrogen) atoms. The van der Waals surface area contributed by atoms with Crippen LogP contribution in [0.4, 0.5) is 4.79 Å².